The Morgan fingerprint density at radius 3 is 2.85 bits per heavy atom. The summed E-state index contributed by atoms with van der Waals surface area (Å²) in [4.78, 5) is 17.1. The highest BCUT2D eigenvalue weighted by Gasteiger charge is 2.23. The highest BCUT2D eigenvalue weighted by Crippen LogP contribution is 2.19. The number of rotatable bonds is 4. The highest BCUT2D eigenvalue weighted by atomic mass is 16.5. The molecule has 1 aromatic carbocycles. The molecule has 1 aliphatic heterocycles. The molecule has 0 spiro atoms. The molecular weight excluding hydrogens is 252 g/mol. The standard InChI is InChI=1S/C16H24N2O2/c1-13-11-17(2)9-6-10-18(13)12-15(19)14-7-4-5-8-16(14)20-3/h4-5,7-8,13H,6,9-12H2,1-3H3. The first kappa shape index (κ1) is 15.0. The molecule has 0 bridgehead atoms. The molecule has 1 unspecified atom stereocenters. The minimum Gasteiger partial charge on any atom is -0.496 e. The summed E-state index contributed by atoms with van der Waals surface area (Å²) in [5.41, 5.74) is 0.680. The molecular formula is C16H24N2O2. The van der Waals surface area contributed by atoms with Crippen LogP contribution < -0.4 is 4.74 Å². The zero-order valence-electron chi connectivity index (χ0n) is 12.6. The maximum absolute atomic E-state index is 12.5. The second-order valence-electron chi connectivity index (χ2n) is 5.56. The number of hydrogen-bond acceptors (Lipinski definition) is 4. The Morgan fingerprint density at radius 1 is 1.35 bits per heavy atom. The third kappa shape index (κ3) is 3.58. The molecule has 1 aromatic rings. The van der Waals surface area contributed by atoms with E-state index in [0.717, 1.165) is 26.1 Å². The average molecular weight is 276 g/mol. The van der Waals surface area contributed by atoms with E-state index in [1.165, 1.54) is 0 Å². The van der Waals surface area contributed by atoms with Gasteiger partial charge in [0.15, 0.2) is 5.78 Å². The molecule has 2 rings (SSSR count). The number of likely N-dealkylation sites (N-methyl/N-ethyl adjacent to an activating group) is 1. The topological polar surface area (TPSA) is 32.8 Å². The highest BCUT2D eigenvalue weighted by molar-refractivity contribution is 6.00. The second-order valence-corrected chi connectivity index (χ2v) is 5.56. The van der Waals surface area contributed by atoms with Crippen molar-refractivity contribution < 1.29 is 9.53 Å². The van der Waals surface area contributed by atoms with Crippen molar-refractivity contribution >= 4 is 5.78 Å². The van der Waals surface area contributed by atoms with Crippen LogP contribution in [0.15, 0.2) is 24.3 Å². The number of ether oxygens (including phenoxy) is 1. The van der Waals surface area contributed by atoms with Crippen LogP contribution in [0.3, 0.4) is 0 Å². The summed E-state index contributed by atoms with van der Waals surface area (Å²) in [7, 11) is 3.75. The molecule has 0 amide bonds. The van der Waals surface area contributed by atoms with Crippen LogP contribution in [0.25, 0.3) is 0 Å². The van der Waals surface area contributed by atoms with Crippen molar-refractivity contribution in [2.45, 2.75) is 19.4 Å². The van der Waals surface area contributed by atoms with Gasteiger partial charge < -0.3 is 9.64 Å². The van der Waals surface area contributed by atoms with Gasteiger partial charge in [-0.3, -0.25) is 9.69 Å². The lowest BCUT2D eigenvalue weighted by atomic mass is 10.1. The summed E-state index contributed by atoms with van der Waals surface area (Å²) in [6, 6.07) is 7.86. The lowest BCUT2D eigenvalue weighted by Crippen LogP contribution is -2.40. The minimum absolute atomic E-state index is 0.138. The number of hydrogen-bond donors (Lipinski definition) is 0. The van der Waals surface area contributed by atoms with Gasteiger partial charge in [0.25, 0.3) is 0 Å². The van der Waals surface area contributed by atoms with Crippen LogP contribution >= 0.6 is 0 Å². The number of carbonyl (C=O) groups excluding carboxylic acids is 1. The molecule has 0 aliphatic carbocycles. The van der Waals surface area contributed by atoms with E-state index in [0.29, 0.717) is 23.9 Å². The third-order valence-electron chi connectivity index (χ3n) is 3.94. The Morgan fingerprint density at radius 2 is 2.10 bits per heavy atom. The van der Waals surface area contributed by atoms with Crippen LogP contribution in [-0.2, 0) is 0 Å². The molecule has 1 heterocycles. The number of carbonyl (C=O) groups is 1. The summed E-state index contributed by atoms with van der Waals surface area (Å²) >= 11 is 0. The van der Waals surface area contributed by atoms with Gasteiger partial charge in [-0.15, -0.1) is 0 Å². The fraction of sp³-hybridized carbons (Fsp3) is 0.562. The van der Waals surface area contributed by atoms with Gasteiger partial charge in [-0.1, -0.05) is 12.1 Å². The molecule has 0 N–H and O–H groups in total. The van der Waals surface area contributed by atoms with Crippen molar-refractivity contribution in [1.29, 1.82) is 0 Å². The first-order valence-electron chi connectivity index (χ1n) is 7.20. The van der Waals surface area contributed by atoms with Gasteiger partial charge in [-0.2, -0.15) is 0 Å². The number of Topliss-reactive ketones (excluding diaryl/α,β-unsaturated/α-hetero) is 1. The first-order chi connectivity index (χ1) is 9.61. The van der Waals surface area contributed by atoms with Gasteiger partial charge in [0.05, 0.1) is 19.2 Å². The molecule has 20 heavy (non-hydrogen) atoms. The molecule has 4 nitrogen and oxygen atoms in total. The van der Waals surface area contributed by atoms with E-state index in [-0.39, 0.29) is 5.78 Å². The van der Waals surface area contributed by atoms with E-state index in [1.54, 1.807) is 7.11 Å². The van der Waals surface area contributed by atoms with Crippen LogP contribution in [0.4, 0.5) is 0 Å². The molecule has 0 aromatic heterocycles. The first-order valence-corrected chi connectivity index (χ1v) is 7.20. The summed E-state index contributed by atoms with van der Waals surface area (Å²) < 4.78 is 5.28. The fourth-order valence-corrected chi connectivity index (χ4v) is 2.80. The number of para-hydroxylation sites is 1. The van der Waals surface area contributed by atoms with E-state index < -0.39 is 0 Å². The van der Waals surface area contributed by atoms with Gasteiger partial charge in [-0.25, -0.2) is 0 Å². The molecule has 1 saturated heterocycles. The number of ketones is 1. The van der Waals surface area contributed by atoms with E-state index in [4.69, 9.17) is 4.74 Å². The molecule has 1 aliphatic rings. The number of benzene rings is 1. The predicted molar refractivity (Wildman–Crippen MR) is 80.5 cm³/mol. The molecule has 0 saturated carbocycles. The molecule has 4 heteroatoms. The Bertz CT molecular complexity index is 462. The van der Waals surface area contributed by atoms with E-state index in [2.05, 4.69) is 23.8 Å². The zero-order valence-corrected chi connectivity index (χ0v) is 12.6. The van der Waals surface area contributed by atoms with Crippen LogP contribution in [0, 0.1) is 0 Å². The van der Waals surface area contributed by atoms with Gasteiger partial charge >= 0.3 is 0 Å². The zero-order chi connectivity index (χ0) is 14.5. The minimum atomic E-state index is 0.138. The SMILES string of the molecule is COc1ccccc1C(=O)CN1CCCN(C)CC1C. The smallest absolute Gasteiger partial charge is 0.180 e. The van der Waals surface area contributed by atoms with Crippen LogP contribution in [0.1, 0.15) is 23.7 Å². The van der Waals surface area contributed by atoms with Gasteiger partial charge in [-0.05, 0) is 39.1 Å². The largest absolute Gasteiger partial charge is 0.496 e. The summed E-state index contributed by atoms with van der Waals surface area (Å²) in [5, 5.41) is 0. The quantitative estimate of drug-likeness (QED) is 0.786. The van der Waals surface area contributed by atoms with Crippen LogP contribution in [0.2, 0.25) is 0 Å². The lowest BCUT2D eigenvalue weighted by molar-refractivity contribution is 0.0897. The molecule has 110 valence electrons. The molecule has 1 fully saturated rings. The van der Waals surface area contributed by atoms with E-state index in [1.807, 2.05) is 24.3 Å². The van der Waals surface area contributed by atoms with Crippen molar-refractivity contribution in [3.8, 4) is 5.75 Å². The van der Waals surface area contributed by atoms with E-state index in [9.17, 15) is 4.79 Å². The Balaban J connectivity index is 2.07. The lowest BCUT2D eigenvalue weighted by Gasteiger charge is -2.27. The average Bonchev–Trinajstić information content (AvgIpc) is 2.60. The molecule has 0 radical (unpaired) electrons. The summed E-state index contributed by atoms with van der Waals surface area (Å²) in [5.74, 6) is 0.802. The number of methoxy groups -OCH3 is 1. The monoisotopic (exact) mass is 276 g/mol. The van der Waals surface area contributed by atoms with Gasteiger partial charge in [0.2, 0.25) is 0 Å². The Kier molecular flexibility index (Phi) is 5.15. The second kappa shape index (κ2) is 6.86. The fourth-order valence-electron chi connectivity index (χ4n) is 2.80. The van der Waals surface area contributed by atoms with Crippen LogP contribution in [0.5, 0.6) is 5.75 Å². The van der Waals surface area contributed by atoms with Gasteiger partial charge in [0.1, 0.15) is 5.75 Å². The maximum Gasteiger partial charge on any atom is 0.180 e. The van der Waals surface area contributed by atoms with Crippen molar-refractivity contribution in [1.82, 2.24) is 9.80 Å². The van der Waals surface area contributed by atoms with Crippen molar-refractivity contribution in [3.63, 3.8) is 0 Å². The Labute approximate surface area is 121 Å². The van der Waals surface area contributed by atoms with Crippen molar-refractivity contribution in [3.05, 3.63) is 29.8 Å². The number of nitrogens with zero attached hydrogens (tertiary/aromatic N) is 2. The summed E-state index contributed by atoms with van der Waals surface area (Å²) in [6.07, 6.45) is 1.11. The third-order valence-corrected chi connectivity index (χ3v) is 3.94. The maximum atomic E-state index is 12.5. The van der Waals surface area contributed by atoms with Crippen molar-refractivity contribution in [2.24, 2.45) is 0 Å². The predicted octanol–water partition coefficient (Wildman–Crippen LogP) is 1.90. The van der Waals surface area contributed by atoms with Crippen molar-refractivity contribution in [2.75, 3.05) is 40.3 Å². The molecule has 1 atom stereocenters. The summed E-state index contributed by atoms with van der Waals surface area (Å²) in [6.45, 7) is 5.75. The van der Waals surface area contributed by atoms with Crippen LogP contribution in [-0.4, -0.2) is 62.0 Å². The van der Waals surface area contributed by atoms with Gasteiger partial charge in [0, 0.05) is 19.1 Å². The van der Waals surface area contributed by atoms with E-state index >= 15 is 0 Å². The normalized spacial score (nSPS) is 21.4. The Hall–Kier alpha value is -1.39.